The van der Waals surface area contributed by atoms with Crippen molar-refractivity contribution in [1.29, 1.82) is 0 Å². The van der Waals surface area contributed by atoms with Crippen LogP contribution in [0.25, 0.3) is 0 Å². The Morgan fingerprint density at radius 1 is 1.52 bits per heavy atom. The van der Waals surface area contributed by atoms with E-state index in [1.165, 1.54) is 0 Å². The summed E-state index contributed by atoms with van der Waals surface area (Å²) >= 11 is 0. The van der Waals surface area contributed by atoms with Gasteiger partial charge in [0.2, 0.25) is 5.91 Å². The molecule has 130 valence electrons. The third-order valence-electron chi connectivity index (χ3n) is 5.58. The molecule has 2 N–H and O–H groups in total. The van der Waals surface area contributed by atoms with Gasteiger partial charge in [-0.25, -0.2) is 0 Å². The van der Waals surface area contributed by atoms with Gasteiger partial charge in [0, 0.05) is 5.92 Å². The Labute approximate surface area is 140 Å². The van der Waals surface area contributed by atoms with Gasteiger partial charge in [-0.1, -0.05) is 45.9 Å². The molecule has 3 rings (SSSR count). The zero-order valence-electron chi connectivity index (χ0n) is 14.9. The largest absolute Gasteiger partial charge is 0.486 e. The predicted molar refractivity (Wildman–Crippen MR) is 91.7 cm³/mol. The molecule has 0 spiro atoms. The van der Waals surface area contributed by atoms with E-state index in [0.29, 0.717) is 5.76 Å². The van der Waals surface area contributed by atoms with Crippen molar-refractivity contribution in [3.63, 3.8) is 0 Å². The highest BCUT2D eigenvalue weighted by Crippen LogP contribution is 2.57. The summed E-state index contributed by atoms with van der Waals surface area (Å²) in [4.78, 5) is 12.4. The minimum Gasteiger partial charge on any atom is -0.486 e. The number of rotatable bonds is 4. The van der Waals surface area contributed by atoms with E-state index in [0.717, 1.165) is 32.1 Å². The number of allylic oxidation sites excluding steroid dienone is 1. The molecule has 2 fully saturated rings. The lowest BCUT2D eigenvalue weighted by Crippen LogP contribution is -2.75. The fourth-order valence-electron chi connectivity index (χ4n) is 4.37. The first-order valence-electron chi connectivity index (χ1n) is 9.02. The van der Waals surface area contributed by atoms with E-state index in [1.807, 2.05) is 20.8 Å². The lowest BCUT2D eigenvalue weighted by Gasteiger charge is -2.58. The molecule has 0 saturated carbocycles. The fraction of sp³-hybridized carbons (Fsp3) is 0.737. The molecule has 1 aliphatic carbocycles. The lowest BCUT2D eigenvalue weighted by atomic mass is 9.63. The summed E-state index contributed by atoms with van der Waals surface area (Å²) in [6.07, 6.45) is 8.29. The highest BCUT2D eigenvalue weighted by Gasteiger charge is 2.75. The van der Waals surface area contributed by atoms with E-state index in [9.17, 15) is 9.90 Å². The molecule has 0 aromatic carbocycles. The highest BCUT2D eigenvalue weighted by atomic mass is 16.5. The van der Waals surface area contributed by atoms with Crippen molar-refractivity contribution in [2.45, 2.75) is 77.0 Å². The van der Waals surface area contributed by atoms with Gasteiger partial charge in [-0.2, -0.15) is 0 Å². The number of fused-ring (bicyclic) bond motifs is 1. The predicted octanol–water partition coefficient (Wildman–Crippen LogP) is 3.32. The average molecular weight is 321 g/mol. The maximum atomic E-state index is 12.4. The van der Waals surface area contributed by atoms with Gasteiger partial charge < -0.3 is 15.2 Å². The number of hydrogen-bond donors (Lipinski definition) is 2. The van der Waals surface area contributed by atoms with Crippen LogP contribution in [0.2, 0.25) is 0 Å². The normalized spacial score (nSPS) is 39.3. The standard InChI is InChI=1S/C17H25NO3.C2H6/c1-4-8-13-15(20)18-17(11(2)21-16(13,17)3)14(19)12-9-6-5-7-10-12;1-2/h6,9,12-14,19H,2,4-5,7-8,10H2,1,3H3,(H,18,20);1-2H3/t12-,13+,14?,16+,17?;/m1./s1. The lowest BCUT2D eigenvalue weighted by molar-refractivity contribution is -0.202. The number of aliphatic hydroxyl groups is 1. The van der Waals surface area contributed by atoms with Crippen LogP contribution in [0.1, 0.15) is 59.8 Å². The third kappa shape index (κ3) is 2.42. The van der Waals surface area contributed by atoms with Crippen molar-refractivity contribution < 1.29 is 14.6 Å². The summed E-state index contributed by atoms with van der Waals surface area (Å²) in [7, 11) is 0. The summed E-state index contributed by atoms with van der Waals surface area (Å²) < 4.78 is 5.84. The first-order valence-corrected chi connectivity index (χ1v) is 9.02. The number of hydrogen-bond acceptors (Lipinski definition) is 3. The Morgan fingerprint density at radius 3 is 2.74 bits per heavy atom. The van der Waals surface area contributed by atoms with Gasteiger partial charge in [0.25, 0.3) is 0 Å². The Hall–Kier alpha value is -1.29. The number of carbonyl (C=O) groups is 1. The maximum Gasteiger partial charge on any atom is 0.228 e. The van der Waals surface area contributed by atoms with Crippen LogP contribution in [-0.4, -0.2) is 28.3 Å². The number of ether oxygens (including phenoxy) is 1. The first kappa shape index (κ1) is 18.1. The van der Waals surface area contributed by atoms with Crippen LogP contribution in [-0.2, 0) is 9.53 Å². The van der Waals surface area contributed by atoms with E-state index in [-0.39, 0.29) is 17.7 Å². The summed E-state index contributed by atoms with van der Waals surface area (Å²) in [5.74, 6) is 0.329. The van der Waals surface area contributed by atoms with Crippen LogP contribution >= 0.6 is 0 Å². The van der Waals surface area contributed by atoms with E-state index >= 15 is 0 Å². The molecular weight excluding hydrogens is 290 g/mol. The van der Waals surface area contributed by atoms with Gasteiger partial charge in [-0.3, -0.25) is 4.79 Å². The van der Waals surface area contributed by atoms with Crippen molar-refractivity contribution in [1.82, 2.24) is 5.32 Å². The van der Waals surface area contributed by atoms with Gasteiger partial charge in [0.15, 0.2) is 11.1 Å². The first-order chi connectivity index (χ1) is 11.0. The van der Waals surface area contributed by atoms with Gasteiger partial charge in [0.05, 0.1) is 12.0 Å². The zero-order chi connectivity index (χ0) is 17.3. The van der Waals surface area contributed by atoms with Gasteiger partial charge >= 0.3 is 0 Å². The molecule has 5 atom stereocenters. The van der Waals surface area contributed by atoms with Crippen molar-refractivity contribution in [2.24, 2.45) is 11.8 Å². The molecule has 4 heteroatoms. The molecule has 1 amide bonds. The molecular formula is C19H31NO3. The average Bonchev–Trinajstić information content (AvgIpc) is 2.75. The zero-order valence-corrected chi connectivity index (χ0v) is 14.9. The van der Waals surface area contributed by atoms with Crippen LogP contribution in [0.4, 0.5) is 0 Å². The Kier molecular flexibility index (Phi) is 5.24. The number of carbonyl (C=O) groups excluding carboxylic acids is 1. The van der Waals surface area contributed by atoms with Crippen molar-refractivity contribution in [3.05, 3.63) is 24.5 Å². The molecule has 0 aromatic rings. The van der Waals surface area contributed by atoms with Crippen molar-refractivity contribution in [3.8, 4) is 0 Å². The molecule has 2 heterocycles. The fourth-order valence-corrected chi connectivity index (χ4v) is 4.37. The van der Waals surface area contributed by atoms with Gasteiger partial charge in [-0.15, -0.1) is 0 Å². The molecule has 0 bridgehead atoms. The van der Waals surface area contributed by atoms with Crippen molar-refractivity contribution >= 4 is 5.91 Å². The summed E-state index contributed by atoms with van der Waals surface area (Å²) in [5, 5.41) is 14.0. The Bertz CT molecular complexity index is 501. The van der Waals surface area contributed by atoms with E-state index in [4.69, 9.17) is 4.74 Å². The topological polar surface area (TPSA) is 58.6 Å². The molecule has 2 unspecified atom stereocenters. The highest BCUT2D eigenvalue weighted by molar-refractivity contribution is 5.87. The Balaban J connectivity index is 0.000000924. The number of nitrogens with one attached hydrogen (secondary N) is 1. The molecule has 2 aliphatic heterocycles. The van der Waals surface area contributed by atoms with E-state index < -0.39 is 17.2 Å². The van der Waals surface area contributed by atoms with E-state index in [1.54, 1.807) is 0 Å². The molecule has 0 aromatic heterocycles. The van der Waals surface area contributed by atoms with Crippen LogP contribution in [0.5, 0.6) is 0 Å². The number of amides is 1. The smallest absolute Gasteiger partial charge is 0.228 e. The summed E-state index contributed by atoms with van der Waals surface area (Å²) in [5.41, 5.74) is -1.50. The van der Waals surface area contributed by atoms with Gasteiger partial charge in [0.1, 0.15) is 5.76 Å². The molecule has 3 aliphatic rings. The van der Waals surface area contributed by atoms with Crippen molar-refractivity contribution in [2.75, 3.05) is 0 Å². The van der Waals surface area contributed by atoms with Crippen LogP contribution in [0, 0.1) is 11.8 Å². The third-order valence-corrected chi connectivity index (χ3v) is 5.58. The second kappa shape index (κ2) is 6.68. The SMILES string of the molecule is C=C1O[C@@]2(C)[C@@H](CCC)C(=O)NC12C(O)[C@@H]1C=CCCC1.CC. The molecule has 4 nitrogen and oxygen atoms in total. The second-order valence-corrected chi connectivity index (χ2v) is 6.74. The van der Waals surface area contributed by atoms with E-state index in [2.05, 4.69) is 31.0 Å². The summed E-state index contributed by atoms with van der Waals surface area (Å²) in [6, 6.07) is 0. The van der Waals surface area contributed by atoms with Crippen LogP contribution < -0.4 is 5.32 Å². The van der Waals surface area contributed by atoms with Crippen LogP contribution in [0.3, 0.4) is 0 Å². The minimum absolute atomic E-state index is 0.0168. The quantitative estimate of drug-likeness (QED) is 0.781. The Morgan fingerprint density at radius 2 is 2.22 bits per heavy atom. The van der Waals surface area contributed by atoms with Crippen LogP contribution in [0.15, 0.2) is 24.5 Å². The van der Waals surface area contributed by atoms with Gasteiger partial charge in [-0.05, 0) is 32.6 Å². The monoisotopic (exact) mass is 321 g/mol. The number of aliphatic hydroxyl groups excluding tert-OH is 1. The summed E-state index contributed by atoms with van der Waals surface area (Å²) in [6.45, 7) is 11.9. The second-order valence-electron chi connectivity index (χ2n) is 6.74. The molecule has 23 heavy (non-hydrogen) atoms. The molecule has 2 saturated heterocycles. The maximum absolute atomic E-state index is 12.4. The molecule has 0 radical (unpaired) electrons. The minimum atomic E-state index is -0.823.